The molecule has 3 aromatic carbocycles. The topological polar surface area (TPSA) is 106 Å². The van der Waals surface area contributed by atoms with Crippen LogP contribution >= 0.6 is 0 Å². The van der Waals surface area contributed by atoms with Crippen molar-refractivity contribution in [2.24, 2.45) is 0 Å². The molecule has 1 amide bonds. The number of hydrogen-bond donors (Lipinski definition) is 1. The van der Waals surface area contributed by atoms with Crippen LogP contribution < -0.4 is 5.32 Å². The van der Waals surface area contributed by atoms with E-state index in [4.69, 9.17) is 0 Å². The summed E-state index contributed by atoms with van der Waals surface area (Å²) in [4.78, 5) is 48.4. The van der Waals surface area contributed by atoms with Crippen molar-refractivity contribution >= 4 is 28.8 Å². The molecule has 1 aliphatic carbocycles. The molecule has 0 radical (unpaired) electrons. The van der Waals surface area contributed by atoms with Crippen molar-refractivity contribution in [3.8, 4) is 0 Å². The smallest absolute Gasteiger partial charge is 0.269 e. The molecule has 0 saturated carbocycles. The molecule has 0 spiro atoms. The first-order valence-electron chi connectivity index (χ1n) is 8.80. The van der Waals surface area contributed by atoms with Crippen molar-refractivity contribution in [1.82, 2.24) is 0 Å². The first kappa shape index (κ1) is 18.2. The van der Waals surface area contributed by atoms with Crippen LogP contribution in [0.1, 0.15) is 37.4 Å². The lowest BCUT2D eigenvalue weighted by molar-refractivity contribution is -0.384. The van der Waals surface area contributed by atoms with Crippen molar-refractivity contribution < 1.29 is 19.3 Å². The third-order valence-corrected chi connectivity index (χ3v) is 4.74. The molecule has 0 unspecified atom stereocenters. The van der Waals surface area contributed by atoms with Gasteiger partial charge in [0.05, 0.1) is 22.6 Å². The molecule has 1 N–H and O–H groups in total. The van der Waals surface area contributed by atoms with Gasteiger partial charge in [0.15, 0.2) is 11.6 Å². The fraction of sp³-hybridized carbons (Fsp3) is 0.0455. The fourth-order valence-corrected chi connectivity index (χ4v) is 3.36. The molecule has 7 nitrogen and oxygen atoms in total. The van der Waals surface area contributed by atoms with E-state index in [0.29, 0.717) is 16.7 Å². The largest absolute Gasteiger partial charge is 0.325 e. The number of fused-ring (bicyclic) bond motifs is 2. The number of amides is 1. The molecule has 7 heteroatoms. The second-order valence-electron chi connectivity index (χ2n) is 6.58. The van der Waals surface area contributed by atoms with Gasteiger partial charge in [-0.25, -0.2) is 0 Å². The molecular formula is C22H14N2O5. The van der Waals surface area contributed by atoms with Gasteiger partial charge < -0.3 is 5.32 Å². The van der Waals surface area contributed by atoms with Crippen LogP contribution in [0.25, 0.3) is 0 Å². The highest BCUT2D eigenvalue weighted by molar-refractivity contribution is 6.30. The minimum absolute atomic E-state index is 0.0274. The van der Waals surface area contributed by atoms with Gasteiger partial charge in [0, 0.05) is 28.8 Å². The van der Waals surface area contributed by atoms with Crippen molar-refractivity contribution in [1.29, 1.82) is 0 Å². The highest BCUT2D eigenvalue weighted by atomic mass is 16.6. The van der Waals surface area contributed by atoms with Gasteiger partial charge >= 0.3 is 0 Å². The lowest BCUT2D eigenvalue weighted by atomic mass is 9.83. The molecule has 0 aliphatic heterocycles. The number of nitrogens with one attached hydrogen (secondary N) is 1. The monoisotopic (exact) mass is 386 g/mol. The van der Waals surface area contributed by atoms with E-state index < -0.39 is 10.8 Å². The normalized spacial score (nSPS) is 12.1. The number of benzene rings is 3. The number of ketones is 2. The van der Waals surface area contributed by atoms with E-state index in [9.17, 15) is 24.5 Å². The number of nitro groups is 1. The average Bonchev–Trinajstić information content (AvgIpc) is 2.72. The summed E-state index contributed by atoms with van der Waals surface area (Å²) in [6, 6.07) is 17.0. The summed E-state index contributed by atoms with van der Waals surface area (Å²) in [7, 11) is 0. The number of hydrogen-bond acceptors (Lipinski definition) is 5. The summed E-state index contributed by atoms with van der Waals surface area (Å²) in [5.74, 6) is -0.977. The van der Waals surface area contributed by atoms with Crippen LogP contribution in [0.3, 0.4) is 0 Å². The van der Waals surface area contributed by atoms with Crippen LogP contribution in [0.2, 0.25) is 0 Å². The Morgan fingerprint density at radius 3 is 2.10 bits per heavy atom. The third kappa shape index (κ3) is 3.29. The quantitative estimate of drug-likeness (QED) is 0.426. The Morgan fingerprint density at radius 1 is 0.828 bits per heavy atom. The molecule has 142 valence electrons. The number of anilines is 1. The first-order valence-corrected chi connectivity index (χ1v) is 8.80. The van der Waals surface area contributed by atoms with Crippen LogP contribution in [-0.4, -0.2) is 22.4 Å². The summed E-state index contributed by atoms with van der Waals surface area (Å²) in [6.45, 7) is 0. The van der Waals surface area contributed by atoms with E-state index in [1.807, 2.05) is 0 Å². The molecule has 0 saturated heterocycles. The molecule has 29 heavy (non-hydrogen) atoms. The van der Waals surface area contributed by atoms with Gasteiger partial charge in [0.2, 0.25) is 5.91 Å². The van der Waals surface area contributed by atoms with E-state index in [1.54, 1.807) is 42.5 Å². The Balaban J connectivity index is 1.60. The standard InChI is InChI=1S/C22H14N2O5/c25-19(12-13-8-10-14(11-9-13)24(28)29)23-18-7-3-6-17-20(18)22(27)16-5-2-1-4-15(16)21(17)26/h1-11H,12H2,(H,23,25). The zero-order valence-corrected chi connectivity index (χ0v) is 15.0. The van der Waals surface area contributed by atoms with Crippen molar-refractivity contribution in [2.45, 2.75) is 6.42 Å². The molecule has 4 rings (SSSR count). The lowest BCUT2D eigenvalue weighted by Gasteiger charge is -2.20. The van der Waals surface area contributed by atoms with E-state index in [2.05, 4.69) is 5.32 Å². The number of nitrogens with zero attached hydrogens (tertiary/aromatic N) is 1. The molecule has 3 aromatic rings. The summed E-state index contributed by atoms with van der Waals surface area (Å²) in [5.41, 5.74) is 1.87. The van der Waals surface area contributed by atoms with Crippen LogP contribution in [-0.2, 0) is 11.2 Å². The van der Waals surface area contributed by atoms with Gasteiger partial charge in [0.1, 0.15) is 0 Å². The van der Waals surface area contributed by atoms with Gasteiger partial charge in [-0.05, 0) is 11.6 Å². The van der Waals surface area contributed by atoms with E-state index >= 15 is 0 Å². The highest BCUT2D eigenvalue weighted by Crippen LogP contribution is 2.32. The van der Waals surface area contributed by atoms with Crippen molar-refractivity contribution in [3.63, 3.8) is 0 Å². The maximum absolute atomic E-state index is 12.9. The average molecular weight is 386 g/mol. The summed E-state index contributed by atoms with van der Waals surface area (Å²) in [6.07, 6.45) is -0.0274. The van der Waals surface area contributed by atoms with Gasteiger partial charge in [0.25, 0.3) is 5.69 Å². The molecule has 0 fully saturated rings. The molecule has 1 aliphatic rings. The Morgan fingerprint density at radius 2 is 1.45 bits per heavy atom. The van der Waals surface area contributed by atoms with Gasteiger partial charge in [-0.3, -0.25) is 24.5 Å². The van der Waals surface area contributed by atoms with E-state index in [0.717, 1.165) is 0 Å². The van der Waals surface area contributed by atoms with Crippen LogP contribution in [0.4, 0.5) is 11.4 Å². The molecule has 0 bridgehead atoms. The SMILES string of the molecule is O=C(Cc1ccc([N+](=O)[O-])cc1)Nc1cccc2c1C(=O)c1ccccc1C2=O. The van der Waals surface area contributed by atoms with Gasteiger partial charge in [-0.15, -0.1) is 0 Å². The third-order valence-electron chi connectivity index (χ3n) is 4.74. The number of carbonyl (C=O) groups excluding carboxylic acids is 3. The van der Waals surface area contributed by atoms with Crippen LogP contribution in [0.5, 0.6) is 0 Å². The number of carbonyl (C=O) groups is 3. The van der Waals surface area contributed by atoms with Gasteiger partial charge in [-0.2, -0.15) is 0 Å². The second-order valence-corrected chi connectivity index (χ2v) is 6.58. The summed E-state index contributed by atoms with van der Waals surface area (Å²) < 4.78 is 0. The van der Waals surface area contributed by atoms with Gasteiger partial charge in [-0.1, -0.05) is 48.5 Å². The highest BCUT2D eigenvalue weighted by Gasteiger charge is 2.31. The zero-order chi connectivity index (χ0) is 20.5. The molecular weight excluding hydrogens is 372 g/mol. The number of non-ortho nitro benzene ring substituents is 1. The second kappa shape index (κ2) is 7.12. The molecule has 0 aromatic heterocycles. The van der Waals surface area contributed by atoms with E-state index in [1.165, 1.54) is 24.3 Å². The van der Waals surface area contributed by atoms with Crippen LogP contribution in [0, 0.1) is 10.1 Å². The van der Waals surface area contributed by atoms with Crippen molar-refractivity contribution in [2.75, 3.05) is 5.32 Å². The first-order chi connectivity index (χ1) is 14.0. The van der Waals surface area contributed by atoms with Crippen molar-refractivity contribution in [3.05, 3.63) is 105 Å². The maximum Gasteiger partial charge on any atom is 0.269 e. The minimum Gasteiger partial charge on any atom is -0.325 e. The summed E-state index contributed by atoms with van der Waals surface area (Å²) >= 11 is 0. The minimum atomic E-state index is -0.513. The molecule has 0 heterocycles. The molecule has 0 atom stereocenters. The number of rotatable bonds is 4. The zero-order valence-electron chi connectivity index (χ0n) is 15.0. The Hall–Kier alpha value is -4.13. The Kier molecular flexibility index (Phi) is 4.48. The Bertz CT molecular complexity index is 1180. The maximum atomic E-state index is 12.9. The van der Waals surface area contributed by atoms with E-state index in [-0.39, 0.29) is 40.5 Å². The predicted molar refractivity (Wildman–Crippen MR) is 105 cm³/mol. The fourth-order valence-electron chi connectivity index (χ4n) is 3.36. The predicted octanol–water partition coefficient (Wildman–Crippen LogP) is 3.55. The lowest BCUT2D eigenvalue weighted by Crippen LogP contribution is -2.24. The van der Waals surface area contributed by atoms with Crippen LogP contribution in [0.15, 0.2) is 66.7 Å². The summed E-state index contributed by atoms with van der Waals surface area (Å²) in [5, 5.41) is 13.4. The number of nitro benzene ring substituents is 1. The Labute approximate surface area is 165 Å².